The van der Waals surface area contributed by atoms with E-state index in [1.54, 1.807) is 6.92 Å². The van der Waals surface area contributed by atoms with E-state index in [-0.39, 0.29) is 11.3 Å². The van der Waals surface area contributed by atoms with Crippen LogP contribution in [0.25, 0.3) is 6.08 Å². The molecular formula is C15H21FN2O2. The standard InChI is InChI=1S/C15H21FN2O2/c1-11(19)7-15(2,3)10-18-14(20)5-4-12-6-13(16)9-17-8-12/h4-6,8-9,11,19H,7,10H2,1-3H3,(H,18,20)/b5-4+. The highest BCUT2D eigenvalue weighted by molar-refractivity contribution is 5.91. The highest BCUT2D eigenvalue weighted by Crippen LogP contribution is 2.20. The lowest BCUT2D eigenvalue weighted by molar-refractivity contribution is -0.117. The summed E-state index contributed by atoms with van der Waals surface area (Å²) < 4.78 is 12.9. The van der Waals surface area contributed by atoms with Gasteiger partial charge in [-0.1, -0.05) is 13.8 Å². The largest absolute Gasteiger partial charge is 0.393 e. The molecule has 1 atom stereocenters. The van der Waals surface area contributed by atoms with Crippen LogP contribution < -0.4 is 5.32 Å². The lowest BCUT2D eigenvalue weighted by atomic mass is 9.87. The first-order valence-electron chi connectivity index (χ1n) is 6.53. The van der Waals surface area contributed by atoms with Gasteiger partial charge in [-0.05, 0) is 36.5 Å². The van der Waals surface area contributed by atoms with Gasteiger partial charge < -0.3 is 10.4 Å². The SMILES string of the molecule is CC(O)CC(C)(C)CNC(=O)/C=C/c1cncc(F)c1. The van der Waals surface area contributed by atoms with Crippen molar-refractivity contribution < 1.29 is 14.3 Å². The number of amides is 1. The van der Waals surface area contributed by atoms with Crippen molar-refractivity contribution >= 4 is 12.0 Å². The molecule has 1 unspecified atom stereocenters. The molecular weight excluding hydrogens is 259 g/mol. The summed E-state index contributed by atoms with van der Waals surface area (Å²) in [4.78, 5) is 15.4. The monoisotopic (exact) mass is 280 g/mol. The van der Waals surface area contributed by atoms with E-state index >= 15 is 0 Å². The van der Waals surface area contributed by atoms with Crippen molar-refractivity contribution in [3.05, 3.63) is 35.9 Å². The lowest BCUT2D eigenvalue weighted by Crippen LogP contribution is -2.34. The molecule has 0 fully saturated rings. The van der Waals surface area contributed by atoms with Crippen LogP contribution in [0.3, 0.4) is 0 Å². The van der Waals surface area contributed by atoms with Crippen LogP contribution in [0, 0.1) is 11.2 Å². The molecule has 110 valence electrons. The second kappa shape index (κ2) is 7.14. The van der Waals surface area contributed by atoms with Crippen LogP contribution >= 0.6 is 0 Å². The molecule has 0 saturated heterocycles. The third kappa shape index (κ3) is 6.43. The molecule has 4 nitrogen and oxygen atoms in total. The van der Waals surface area contributed by atoms with Crippen LogP contribution in [0.1, 0.15) is 32.8 Å². The number of rotatable bonds is 6. The average molecular weight is 280 g/mol. The molecule has 0 spiro atoms. The van der Waals surface area contributed by atoms with Crippen LogP contribution in [0.15, 0.2) is 24.5 Å². The van der Waals surface area contributed by atoms with Crippen molar-refractivity contribution in [1.82, 2.24) is 10.3 Å². The smallest absolute Gasteiger partial charge is 0.244 e. The van der Waals surface area contributed by atoms with Crippen molar-refractivity contribution in [2.45, 2.75) is 33.3 Å². The molecule has 1 aromatic heterocycles. The lowest BCUT2D eigenvalue weighted by Gasteiger charge is -2.26. The van der Waals surface area contributed by atoms with Crippen molar-refractivity contribution in [2.24, 2.45) is 5.41 Å². The third-order valence-corrected chi connectivity index (χ3v) is 2.74. The van der Waals surface area contributed by atoms with Gasteiger partial charge in [0.05, 0.1) is 12.3 Å². The maximum atomic E-state index is 12.9. The maximum Gasteiger partial charge on any atom is 0.244 e. The zero-order chi connectivity index (χ0) is 15.2. The van der Waals surface area contributed by atoms with E-state index in [9.17, 15) is 14.3 Å². The minimum Gasteiger partial charge on any atom is -0.393 e. The Morgan fingerprint density at radius 1 is 1.55 bits per heavy atom. The number of aliphatic hydroxyl groups excluding tert-OH is 1. The molecule has 0 bridgehead atoms. The summed E-state index contributed by atoms with van der Waals surface area (Å²) >= 11 is 0. The van der Waals surface area contributed by atoms with Crippen LogP contribution in [-0.2, 0) is 4.79 Å². The van der Waals surface area contributed by atoms with E-state index in [0.29, 0.717) is 18.5 Å². The quantitative estimate of drug-likeness (QED) is 0.785. The maximum absolute atomic E-state index is 12.9. The predicted octanol–water partition coefficient (Wildman–Crippen LogP) is 2.15. The van der Waals surface area contributed by atoms with Crippen molar-refractivity contribution in [3.8, 4) is 0 Å². The van der Waals surface area contributed by atoms with Crippen LogP contribution in [0.2, 0.25) is 0 Å². The van der Waals surface area contributed by atoms with Crippen molar-refractivity contribution in [2.75, 3.05) is 6.54 Å². The van der Waals surface area contributed by atoms with Gasteiger partial charge in [0.25, 0.3) is 0 Å². The molecule has 0 radical (unpaired) electrons. The van der Waals surface area contributed by atoms with Crippen molar-refractivity contribution in [1.29, 1.82) is 0 Å². The summed E-state index contributed by atoms with van der Waals surface area (Å²) in [6, 6.07) is 1.30. The predicted molar refractivity (Wildman–Crippen MR) is 76.3 cm³/mol. The van der Waals surface area contributed by atoms with Crippen LogP contribution in [0.5, 0.6) is 0 Å². The van der Waals surface area contributed by atoms with Gasteiger partial charge in [-0.3, -0.25) is 9.78 Å². The molecule has 20 heavy (non-hydrogen) atoms. The topological polar surface area (TPSA) is 62.2 Å². The number of hydrogen-bond acceptors (Lipinski definition) is 3. The Hall–Kier alpha value is -1.75. The minimum absolute atomic E-state index is 0.182. The van der Waals surface area contributed by atoms with Gasteiger partial charge in [0, 0.05) is 18.8 Å². The Kier molecular flexibility index (Phi) is 5.82. The van der Waals surface area contributed by atoms with Gasteiger partial charge in [0.15, 0.2) is 0 Å². The zero-order valence-electron chi connectivity index (χ0n) is 12.1. The zero-order valence-corrected chi connectivity index (χ0v) is 12.1. The highest BCUT2D eigenvalue weighted by Gasteiger charge is 2.20. The normalized spacial score (nSPS) is 13.4. The minimum atomic E-state index is -0.439. The number of halogens is 1. The Morgan fingerprint density at radius 3 is 2.85 bits per heavy atom. The van der Waals surface area contributed by atoms with Gasteiger partial charge in [-0.15, -0.1) is 0 Å². The molecule has 0 aromatic carbocycles. The summed E-state index contributed by atoms with van der Waals surface area (Å²) in [5.41, 5.74) is 0.348. The van der Waals surface area contributed by atoms with Gasteiger partial charge in [-0.25, -0.2) is 4.39 Å². The molecule has 0 saturated carbocycles. The number of hydrogen-bond donors (Lipinski definition) is 2. The summed E-state index contributed by atoms with van der Waals surface area (Å²) in [5, 5.41) is 12.1. The number of aliphatic hydroxyl groups is 1. The molecule has 1 aromatic rings. The molecule has 1 amide bonds. The number of nitrogens with one attached hydrogen (secondary N) is 1. The van der Waals surface area contributed by atoms with E-state index in [1.165, 1.54) is 24.4 Å². The summed E-state index contributed by atoms with van der Waals surface area (Å²) in [5.74, 6) is -0.696. The third-order valence-electron chi connectivity index (χ3n) is 2.74. The fourth-order valence-electron chi connectivity index (χ4n) is 1.95. The number of carbonyl (C=O) groups is 1. The van der Waals surface area contributed by atoms with Crippen LogP contribution in [-0.4, -0.2) is 28.6 Å². The van der Waals surface area contributed by atoms with Gasteiger partial charge in [0.2, 0.25) is 5.91 Å². The number of carbonyl (C=O) groups excluding carboxylic acids is 1. The Labute approximate surface area is 118 Å². The second-order valence-electron chi connectivity index (χ2n) is 5.70. The van der Waals surface area contributed by atoms with Gasteiger partial charge in [0.1, 0.15) is 5.82 Å². The number of pyridine rings is 1. The van der Waals surface area contributed by atoms with Gasteiger partial charge >= 0.3 is 0 Å². The Balaban J connectivity index is 2.48. The Bertz CT molecular complexity index is 485. The molecule has 1 rings (SSSR count). The van der Waals surface area contributed by atoms with Crippen molar-refractivity contribution in [3.63, 3.8) is 0 Å². The Morgan fingerprint density at radius 2 is 2.25 bits per heavy atom. The van der Waals surface area contributed by atoms with E-state index in [2.05, 4.69) is 10.3 Å². The summed E-state index contributed by atoms with van der Waals surface area (Å²) in [6.07, 6.45) is 5.63. The van der Waals surface area contributed by atoms with E-state index in [0.717, 1.165) is 6.20 Å². The first kappa shape index (κ1) is 16.3. The molecule has 0 aliphatic rings. The average Bonchev–Trinajstić information content (AvgIpc) is 2.32. The summed E-state index contributed by atoms with van der Waals surface area (Å²) in [6.45, 7) is 6.13. The second-order valence-corrected chi connectivity index (χ2v) is 5.70. The fraction of sp³-hybridized carbons (Fsp3) is 0.467. The highest BCUT2D eigenvalue weighted by atomic mass is 19.1. The first-order chi connectivity index (χ1) is 9.28. The molecule has 1 heterocycles. The summed E-state index contributed by atoms with van der Waals surface area (Å²) in [7, 11) is 0. The number of nitrogens with zero attached hydrogens (tertiary/aromatic N) is 1. The molecule has 5 heteroatoms. The first-order valence-corrected chi connectivity index (χ1v) is 6.53. The molecule has 0 aliphatic carbocycles. The van der Waals surface area contributed by atoms with Gasteiger partial charge in [-0.2, -0.15) is 0 Å². The number of aromatic nitrogens is 1. The van der Waals surface area contributed by atoms with E-state index in [4.69, 9.17) is 0 Å². The fourth-order valence-corrected chi connectivity index (χ4v) is 1.95. The van der Waals surface area contributed by atoms with E-state index < -0.39 is 11.9 Å². The van der Waals surface area contributed by atoms with Crippen LogP contribution in [0.4, 0.5) is 4.39 Å². The molecule has 0 aliphatic heterocycles. The van der Waals surface area contributed by atoms with E-state index in [1.807, 2.05) is 13.8 Å². The molecule has 2 N–H and O–H groups in total.